The fraction of sp³-hybridized carbons (Fsp3) is 0.333. The van der Waals surface area contributed by atoms with E-state index in [1.54, 1.807) is 11.3 Å². The van der Waals surface area contributed by atoms with E-state index >= 15 is 0 Å². The van der Waals surface area contributed by atoms with Gasteiger partial charge in [-0.1, -0.05) is 55.8 Å². The van der Waals surface area contributed by atoms with Crippen molar-refractivity contribution >= 4 is 34.5 Å². The molecule has 0 N–H and O–H groups in total. The maximum Gasteiger partial charge on any atom is 0.0960 e. The van der Waals surface area contributed by atoms with Crippen molar-refractivity contribution in [3.8, 4) is 0 Å². The normalized spacial score (nSPS) is 13.6. The highest BCUT2D eigenvalue weighted by Gasteiger charge is 2.32. The van der Waals surface area contributed by atoms with E-state index in [-0.39, 0.29) is 10.8 Å². The third kappa shape index (κ3) is 2.59. The van der Waals surface area contributed by atoms with Gasteiger partial charge in [-0.2, -0.15) is 0 Å². The zero-order chi connectivity index (χ0) is 13.3. The van der Waals surface area contributed by atoms with Crippen LogP contribution in [0, 0.1) is 6.92 Å². The molecule has 1 heterocycles. The van der Waals surface area contributed by atoms with Gasteiger partial charge >= 0.3 is 0 Å². The lowest BCUT2D eigenvalue weighted by Gasteiger charge is -2.30. The Morgan fingerprint density at radius 2 is 1.78 bits per heavy atom. The summed E-state index contributed by atoms with van der Waals surface area (Å²) >= 11 is 14.4. The Balaban J connectivity index is 2.35. The van der Waals surface area contributed by atoms with Gasteiger partial charge in [0.05, 0.1) is 9.71 Å². The van der Waals surface area contributed by atoms with Crippen LogP contribution < -0.4 is 0 Å². The van der Waals surface area contributed by atoms with Crippen LogP contribution in [0.15, 0.2) is 36.4 Å². The van der Waals surface area contributed by atoms with Gasteiger partial charge < -0.3 is 0 Å². The summed E-state index contributed by atoms with van der Waals surface area (Å²) in [6, 6.07) is 12.5. The summed E-state index contributed by atoms with van der Waals surface area (Å²) in [5.74, 6) is 0. The standard InChI is InChI=1S/C15H16Cl2S/c1-10-9-12(18-14(10)17)13(16)15(2,3)11-7-5-4-6-8-11/h4-9,13H,1-3H3. The molecule has 0 spiro atoms. The number of alkyl halides is 1. The highest BCUT2D eigenvalue weighted by molar-refractivity contribution is 7.16. The summed E-state index contributed by atoms with van der Waals surface area (Å²) < 4.78 is 0.833. The van der Waals surface area contributed by atoms with Crippen molar-refractivity contribution < 1.29 is 0 Å². The van der Waals surface area contributed by atoms with Gasteiger partial charge in [0.1, 0.15) is 0 Å². The van der Waals surface area contributed by atoms with Crippen LogP contribution in [0.1, 0.15) is 35.2 Å². The molecule has 0 fully saturated rings. The topological polar surface area (TPSA) is 0 Å². The van der Waals surface area contributed by atoms with Crippen molar-refractivity contribution in [2.24, 2.45) is 0 Å². The van der Waals surface area contributed by atoms with E-state index < -0.39 is 0 Å². The van der Waals surface area contributed by atoms with Crippen LogP contribution in [0.25, 0.3) is 0 Å². The van der Waals surface area contributed by atoms with Gasteiger partial charge in [-0.25, -0.2) is 0 Å². The molecule has 0 radical (unpaired) electrons. The number of halogens is 2. The van der Waals surface area contributed by atoms with E-state index in [0.29, 0.717) is 0 Å². The highest BCUT2D eigenvalue weighted by atomic mass is 35.5. The van der Waals surface area contributed by atoms with Crippen LogP contribution in [0.3, 0.4) is 0 Å². The predicted octanol–water partition coefficient (Wildman–Crippen LogP) is 5.97. The van der Waals surface area contributed by atoms with Crippen LogP contribution in [-0.4, -0.2) is 0 Å². The second-order valence-electron chi connectivity index (χ2n) is 5.06. The van der Waals surface area contributed by atoms with Gasteiger partial charge in [-0.05, 0) is 24.1 Å². The molecule has 3 heteroatoms. The molecule has 2 aromatic rings. The molecule has 0 saturated carbocycles. The molecule has 1 atom stereocenters. The van der Waals surface area contributed by atoms with Gasteiger partial charge in [0.2, 0.25) is 0 Å². The van der Waals surface area contributed by atoms with Gasteiger partial charge in [0.25, 0.3) is 0 Å². The van der Waals surface area contributed by atoms with E-state index in [9.17, 15) is 0 Å². The molecule has 0 aliphatic heterocycles. The van der Waals surface area contributed by atoms with Crippen molar-refractivity contribution in [3.05, 3.63) is 56.7 Å². The zero-order valence-corrected chi connectivity index (χ0v) is 13.0. The van der Waals surface area contributed by atoms with Crippen LogP contribution >= 0.6 is 34.5 Å². The summed E-state index contributed by atoms with van der Waals surface area (Å²) in [6.07, 6.45) is 0. The van der Waals surface area contributed by atoms with Gasteiger partial charge in [-0.3, -0.25) is 0 Å². The Bertz CT molecular complexity index is 509. The molecular weight excluding hydrogens is 283 g/mol. The first-order valence-electron chi connectivity index (χ1n) is 5.88. The smallest absolute Gasteiger partial charge is 0.0960 e. The van der Waals surface area contributed by atoms with Gasteiger partial charge in [-0.15, -0.1) is 22.9 Å². The Morgan fingerprint density at radius 1 is 1.17 bits per heavy atom. The fourth-order valence-corrected chi connectivity index (χ4v) is 3.68. The largest absolute Gasteiger partial charge is 0.127 e. The number of aryl methyl sites for hydroxylation is 1. The molecule has 2 rings (SSSR count). The minimum absolute atomic E-state index is 0.0731. The minimum Gasteiger partial charge on any atom is -0.127 e. The lowest BCUT2D eigenvalue weighted by atomic mass is 9.80. The van der Waals surface area contributed by atoms with Crippen LogP contribution in [0.4, 0.5) is 0 Å². The Hall–Kier alpha value is -0.500. The molecule has 1 aromatic heterocycles. The summed E-state index contributed by atoms with van der Waals surface area (Å²) in [7, 11) is 0. The number of hydrogen-bond donors (Lipinski definition) is 0. The van der Waals surface area contributed by atoms with Gasteiger partial charge in [0, 0.05) is 10.3 Å². The predicted molar refractivity (Wildman–Crippen MR) is 82.1 cm³/mol. The summed E-state index contributed by atoms with van der Waals surface area (Å²) in [4.78, 5) is 1.13. The van der Waals surface area contributed by atoms with Crippen molar-refractivity contribution in [1.82, 2.24) is 0 Å². The molecule has 0 aliphatic rings. The average molecular weight is 299 g/mol. The SMILES string of the molecule is Cc1cc(C(Cl)C(C)(C)c2ccccc2)sc1Cl. The third-order valence-corrected chi connectivity index (χ3v) is 5.81. The molecule has 0 saturated heterocycles. The maximum absolute atomic E-state index is 6.67. The molecular formula is C15H16Cl2S. The molecule has 0 aliphatic carbocycles. The first-order valence-corrected chi connectivity index (χ1v) is 7.51. The lowest BCUT2D eigenvalue weighted by molar-refractivity contribution is 0.509. The minimum atomic E-state index is -0.122. The van der Waals surface area contributed by atoms with E-state index in [1.807, 2.05) is 25.1 Å². The fourth-order valence-electron chi connectivity index (χ4n) is 1.98. The first kappa shape index (κ1) is 13.9. The first-order chi connectivity index (χ1) is 8.43. The second kappa shape index (κ2) is 5.24. The third-order valence-electron chi connectivity index (χ3n) is 3.28. The zero-order valence-electron chi connectivity index (χ0n) is 10.7. The quantitative estimate of drug-likeness (QED) is 0.613. The average Bonchev–Trinajstić information content (AvgIpc) is 2.69. The number of hydrogen-bond acceptors (Lipinski definition) is 1. The van der Waals surface area contributed by atoms with Crippen LogP contribution in [-0.2, 0) is 5.41 Å². The van der Waals surface area contributed by atoms with E-state index in [0.717, 1.165) is 14.8 Å². The maximum atomic E-state index is 6.67. The lowest BCUT2D eigenvalue weighted by Crippen LogP contribution is -2.22. The summed E-state index contributed by atoms with van der Waals surface area (Å²) in [6.45, 7) is 6.35. The monoisotopic (exact) mass is 298 g/mol. The number of benzene rings is 1. The molecule has 1 unspecified atom stereocenters. The Kier molecular flexibility index (Phi) is 4.05. The van der Waals surface area contributed by atoms with Crippen molar-refractivity contribution in [2.45, 2.75) is 31.6 Å². The van der Waals surface area contributed by atoms with E-state index in [4.69, 9.17) is 23.2 Å². The van der Waals surface area contributed by atoms with Crippen molar-refractivity contribution in [2.75, 3.05) is 0 Å². The highest BCUT2D eigenvalue weighted by Crippen LogP contribution is 2.45. The number of rotatable bonds is 3. The summed E-state index contributed by atoms with van der Waals surface area (Å²) in [5, 5.41) is -0.0731. The molecule has 0 bridgehead atoms. The number of thiophene rings is 1. The van der Waals surface area contributed by atoms with Crippen LogP contribution in [0.5, 0.6) is 0 Å². The van der Waals surface area contributed by atoms with Crippen LogP contribution in [0.2, 0.25) is 4.34 Å². The molecule has 18 heavy (non-hydrogen) atoms. The van der Waals surface area contributed by atoms with E-state index in [1.165, 1.54) is 5.56 Å². The molecule has 0 amide bonds. The van der Waals surface area contributed by atoms with Gasteiger partial charge in [0.15, 0.2) is 0 Å². The van der Waals surface area contributed by atoms with Crippen molar-refractivity contribution in [1.29, 1.82) is 0 Å². The van der Waals surface area contributed by atoms with Crippen molar-refractivity contribution in [3.63, 3.8) is 0 Å². The Labute approximate surface area is 123 Å². The molecule has 0 nitrogen and oxygen atoms in total. The molecule has 96 valence electrons. The Morgan fingerprint density at radius 3 is 2.28 bits per heavy atom. The summed E-state index contributed by atoms with van der Waals surface area (Å²) in [5.41, 5.74) is 2.22. The van der Waals surface area contributed by atoms with E-state index in [2.05, 4.69) is 32.0 Å². The second-order valence-corrected chi connectivity index (χ2v) is 7.18. The molecule has 1 aromatic carbocycles.